The van der Waals surface area contributed by atoms with E-state index in [2.05, 4.69) is 11.8 Å². The molecule has 0 amide bonds. The minimum atomic E-state index is -0.680. The van der Waals surface area contributed by atoms with Crippen molar-refractivity contribution in [1.82, 2.24) is 4.90 Å². The van der Waals surface area contributed by atoms with Crippen LogP contribution < -0.4 is 0 Å². The fraction of sp³-hybridized carbons (Fsp3) is 1.00. The molecule has 0 aromatic heterocycles. The van der Waals surface area contributed by atoms with E-state index in [1.54, 1.807) is 0 Å². The predicted octanol–water partition coefficient (Wildman–Crippen LogP) is 1.85. The highest BCUT2D eigenvalue weighted by Gasteiger charge is 2.19. The maximum absolute atomic E-state index is 13.1. The van der Waals surface area contributed by atoms with Crippen molar-refractivity contribution in [3.8, 4) is 0 Å². The molecule has 1 fully saturated rings. The fourth-order valence-electron chi connectivity index (χ4n) is 1.60. The highest BCUT2D eigenvalue weighted by Crippen LogP contribution is 2.11. The van der Waals surface area contributed by atoms with E-state index in [0.29, 0.717) is 19.0 Å². The molecular formula is C10H20FNO. The Hall–Kier alpha value is -0.150. The third-order valence-corrected chi connectivity index (χ3v) is 2.70. The smallest absolute Gasteiger partial charge is 0.112 e. The van der Waals surface area contributed by atoms with E-state index >= 15 is 0 Å². The van der Waals surface area contributed by atoms with E-state index in [0.717, 1.165) is 26.2 Å². The van der Waals surface area contributed by atoms with Crippen LogP contribution in [0.4, 0.5) is 4.39 Å². The first-order valence-corrected chi connectivity index (χ1v) is 5.20. The van der Waals surface area contributed by atoms with Gasteiger partial charge in [0.1, 0.15) is 6.17 Å². The van der Waals surface area contributed by atoms with Gasteiger partial charge in [-0.05, 0) is 19.8 Å². The van der Waals surface area contributed by atoms with E-state index in [1.165, 1.54) is 0 Å². The van der Waals surface area contributed by atoms with E-state index in [4.69, 9.17) is 4.74 Å². The van der Waals surface area contributed by atoms with Gasteiger partial charge < -0.3 is 4.74 Å². The molecule has 1 aliphatic heterocycles. The number of halogens is 1. The molecule has 2 unspecified atom stereocenters. The molecule has 0 spiro atoms. The number of hydrogen-bond acceptors (Lipinski definition) is 2. The van der Waals surface area contributed by atoms with Crippen molar-refractivity contribution in [2.75, 3.05) is 26.3 Å². The summed E-state index contributed by atoms with van der Waals surface area (Å²) in [6.45, 7) is 7.06. The van der Waals surface area contributed by atoms with Gasteiger partial charge in [0, 0.05) is 25.7 Å². The maximum atomic E-state index is 13.1. The first-order valence-electron chi connectivity index (χ1n) is 5.20. The van der Waals surface area contributed by atoms with Crippen LogP contribution in [0.25, 0.3) is 0 Å². The van der Waals surface area contributed by atoms with E-state index in [-0.39, 0.29) is 0 Å². The van der Waals surface area contributed by atoms with E-state index < -0.39 is 6.17 Å². The lowest BCUT2D eigenvalue weighted by Crippen LogP contribution is -2.38. The second-order valence-electron chi connectivity index (χ2n) is 3.75. The van der Waals surface area contributed by atoms with Crippen LogP contribution in [0, 0.1) is 0 Å². The van der Waals surface area contributed by atoms with Gasteiger partial charge in [-0.25, -0.2) is 4.39 Å². The van der Waals surface area contributed by atoms with Crippen LogP contribution >= 0.6 is 0 Å². The zero-order valence-corrected chi connectivity index (χ0v) is 8.63. The van der Waals surface area contributed by atoms with Crippen LogP contribution in [0.1, 0.15) is 26.7 Å². The van der Waals surface area contributed by atoms with Crippen molar-refractivity contribution in [3.05, 3.63) is 0 Å². The Kier molecular flexibility index (Phi) is 4.67. The molecule has 0 saturated carbocycles. The highest BCUT2D eigenvalue weighted by molar-refractivity contribution is 4.72. The number of ether oxygens (including phenoxy) is 1. The summed E-state index contributed by atoms with van der Waals surface area (Å²) in [4.78, 5) is 2.20. The summed E-state index contributed by atoms with van der Waals surface area (Å²) in [7, 11) is 0. The van der Waals surface area contributed by atoms with E-state index in [9.17, 15) is 4.39 Å². The SMILES string of the molecule is CCC(F)CN1CCOCCC1C. The second-order valence-corrected chi connectivity index (χ2v) is 3.75. The van der Waals surface area contributed by atoms with Gasteiger partial charge in [-0.15, -0.1) is 0 Å². The third kappa shape index (κ3) is 3.61. The van der Waals surface area contributed by atoms with Crippen LogP contribution in [0.2, 0.25) is 0 Å². The van der Waals surface area contributed by atoms with Gasteiger partial charge in [0.2, 0.25) is 0 Å². The first kappa shape index (κ1) is 10.9. The first-order chi connectivity index (χ1) is 6.24. The molecule has 1 aliphatic rings. The van der Waals surface area contributed by atoms with Crippen LogP contribution in [-0.4, -0.2) is 43.4 Å². The predicted molar refractivity (Wildman–Crippen MR) is 51.7 cm³/mol. The Morgan fingerprint density at radius 1 is 1.54 bits per heavy atom. The zero-order valence-electron chi connectivity index (χ0n) is 8.63. The van der Waals surface area contributed by atoms with Crippen molar-refractivity contribution in [2.45, 2.75) is 38.9 Å². The number of nitrogens with zero attached hydrogens (tertiary/aromatic N) is 1. The summed E-state index contributed by atoms with van der Waals surface area (Å²) < 4.78 is 18.5. The zero-order chi connectivity index (χ0) is 9.68. The molecule has 0 radical (unpaired) electrons. The fourth-order valence-corrected chi connectivity index (χ4v) is 1.60. The van der Waals surface area contributed by atoms with Gasteiger partial charge in [-0.2, -0.15) is 0 Å². The molecule has 0 bridgehead atoms. The molecule has 78 valence electrons. The lowest BCUT2D eigenvalue weighted by molar-refractivity contribution is 0.127. The molecule has 2 nitrogen and oxygen atoms in total. The summed E-state index contributed by atoms with van der Waals surface area (Å²) in [5.74, 6) is 0. The Bertz CT molecular complexity index is 143. The number of rotatable bonds is 3. The summed E-state index contributed by atoms with van der Waals surface area (Å²) in [6, 6.07) is 0.465. The van der Waals surface area contributed by atoms with Crippen LogP contribution in [0.15, 0.2) is 0 Å². The topological polar surface area (TPSA) is 12.5 Å². The lowest BCUT2D eigenvalue weighted by atomic mass is 10.2. The summed E-state index contributed by atoms with van der Waals surface area (Å²) >= 11 is 0. The molecule has 0 N–H and O–H groups in total. The molecule has 1 saturated heterocycles. The minimum Gasteiger partial charge on any atom is -0.380 e. The average Bonchev–Trinajstić information content (AvgIpc) is 2.32. The Morgan fingerprint density at radius 3 is 3.00 bits per heavy atom. The molecular weight excluding hydrogens is 169 g/mol. The molecule has 1 rings (SSSR count). The Balaban J connectivity index is 2.35. The molecule has 0 aliphatic carbocycles. The molecule has 1 heterocycles. The van der Waals surface area contributed by atoms with Gasteiger partial charge in [0.05, 0.1) is 6.61 Å². The normalized spacial score (nSPS) is 28.4. The molecule has 13 heavy (non-hydrogen) atoms. The maximum Gasteiger partial charge on any atom is 0.112 e. The van der Waals surface area contributed by atoms with E-state index in [1.807, 2.05) is 6.92 Å². The van der Waals surface area contributed by atoms with Gasteiger partial charge in [0.25, 0.3) is 0 Å². The van der Waals surface area contributed by atoms with Gasteiger partial charge >= 0.3 is 0 Å². The molecule has 3 heteroatoms. The summed E-state index contributed by atoms with van der Waals surface area (Å²) in [6.07, 6.45) is 0.959. The third-order valence-electron chi connectivity index (χ3n) is 2.70. The van der Waals surface area contributed by atoms with Crippen molar-refractivity contribution >= 4 is 0 Å². The summed E-state index contributed by atoms with van der Waals surface area (Å²) in [5.41, 5.74) is 0. The Labute approximate surface area is 80.1 Å². The standard InChI is InChI=1S/C10H20FNO/c1-3-10(11)8-12-5-7-13-6-4-9(12)2/h9-10H,3-8H2,1-2H3. The van der Waals surface area contributed by atoms with Crippen molar-refractivity contribution in [2.24, 2.45) is 0 Å². The van der Waals surface area contributed by atoms with Gasteiger partial charge in [-0.3, -0.25) is 4.90 Å². The van der Waals surface area contributed by atoms with Crippen LogP contribution in [0.5, 0.6) is 0 Å². The molecule has 0 aromatic rings. The van der Waals surface area contributed by atoms with Crippen LogP contribution in [0.3, 0.4) is 0 Å². The van der Waals surface area contributed by atoms with Crippen molar-refractivity contribution < 1.29 is 9.13 Å². The number of alkyl halides is 1. The monoisotopic (exact) mass is 189 g/mol. The van der Waals surface area contributed by atoms with Crippen molar-refractivity contribution in [3.63, 3.8) is 0 Å². The molecule has 2 atom stereocenters. The van der Waals surface area contributed by atoms with Gasteiger partial charge in [0.15, 0.2) is 0 Å². The average molecular weight is 189 g/mol. The van der Waals surface area contributed by atoms with Crippen molar-refractivity contribution in [1.29, 1.82) is 0 Å². The quantitative estimate of drug-likeness (QED) is 0.671. The largest absolute Gasteiger partial charge is 0.380 e. The summed E-state index contributed by atoms with van der Waals surface area (Å²) in [5, 5.41) is 0. The molecule has 0 aromatic carbocycles. The minimum absolute atomic E-state index is 0.465. The second kappa shape index (κ2) is 5.55. The van der Waals surface area contributed by atoms with Gasteiger partial charge in [-0.1, -0.05) is 6.92 Å². The van der Waals surface area contributed by atoms with Crippen LogP contribution in [-0.2, 0) is 4.74 Å². The number of hydrogen-bond donors (Lipinski definition) is 0. The Morgan fingerprint density at radius 2 is 2.31 bits per heavy atom. The highest BCUT2D eigenvalue weighted by atomic mass is 19.1. The lowest BCUT2D eigenvalue weighted by Gasteiger charge is -2.27.